The minimum atomic E-state index is -0.445. The monoisotopic (exact) mass is 247 g/mol. The summed E-state index contributed by atoms with van der Waals surface area (Å²) in [5.41, 5.74) is 1.23. The van der Waals surface area contributed by atoms with Crippen molar-refractivity contribution in [3.8, 4) is 0 Å². The summed E-state index contributed by atoms with van der Waals surface area (Å²) < 4.78 is 5.32. The molecule has 0 radical (unpaired) electrons. The summed E-state index contributed by atoms with van der Waals surface area (Å²) in [7, 11) is 0. The highest BCUT2D eigenvalue weighted by atomic mass is 16.6. The smallest absolute Gasteiger partial charge is 0.338 e. The van der Waals surface area contributed by atoms with Gasteiger partial charge in [0.15, 0.2) is 0 Å². The van der Waals surface area contributed by atoms with Gasteiger partial charge in [0.05, 0.1) is 5.56 Å². The van der Waals surface area contributed by atoms with Crippen LogP contribution in [0.1, 0.15) is 50.4 Å². The van der Waals surface area contributed by atoms with Gasteiger partial charge < -0.3 is 10.1 Å². The van der Waals surface area contributed by atoms with E-state index in [9.17, 15) is 4.79 Å². The molecule has 0 unspecified atom stereocenters. The molecule has 1 aromatic carbocycles. The molecule has 1 saturated carbocycles. The number of carbonyl (C=O) groups is 1. The third kappa shape index (κ3) is 3.49. The van der Waals surface area contributed by atoms with Gasteiger partial charge in [-0.2, -0.15) is 0 Å². The van der Waals surface area contributed by atoms with Crippen LogP contribution in [0.3, 0.4) is 0 Å². The minimum Gasteiger partial charge on any atom is -0.456 e. The van der Waals surface area contributed by atoms with Crippen LogP contribution in [0, 0.1) is 0 Å². The highest BCUT2D eigenvalue weighted by molar-refractivity contribution is 5.90. The molecule has 3 nitrogen and oxygen atoms in total. The lowest BCUT2D eigenvalue weighted by Crippen LogP contribution is -2.27. The predicted molar refractivity (Wildman–Crippen MR) is 72.9 cm³/mol. The zero-order valence-electron chi connectivity index (χ0n) is 11.3. The zero-order chi connectivity index (χ0) is 13.2. The van der Waals surface area contributed by atoms with Crippen molar-refractivity contribution in [2.45, 2.75) is 51.7 Å². The molecule has 0 spiro atoms. The van der Waals surface area contributed by atoms with Crippen molar-refractivity contribution < 1.29 is 9.53 Å². The Hall–Kier alpha value is -1.51. The molecule has 2 rings (SSSR count). The van der Waals surface area contributed by atoms with E-state index in [1.165, 1.54) is 19.3 Å². The molecule has 98 valence electrons. The third-order valence-corrected chi connectivity index (χ3v) is 3.00. The van der Waals surface area contributed by atoms with Crippen LogP contribution in [0.15, 0.2) is 24.3 Å². The molecule has 1 N–H and O–H groups in total. The molecule has 18 heavy (non-hydrogen) atoms. The lowest BCUT2D eigenvalue weighted by molar-refractivity contribution is 0.00696. The predicted octanol–water partition coefficient (Wildman–Crippen LogP) is 3.61. The van der Waals surface area contributed by atoms with Crippen molar-refractivity contribution >= 4 is 11.7 Å². The summed E-state index contributed by atoms with van der Waals surface area (Å²) in [6.07, 6.45) is 3.80. The van der Waals surface area contributed by atoms with Crippen molar-refractivity contribution in [3.63, 3.8) is 0 Å². The topological polar surface area (TPSA) is 38.3 Å². The van der Waals surface area contributed by atoms with Gasteiger partial charge in [-0.05, 0) is 64.3 Å². The van der Waals surface area contributed by atoms with E-state index in [-0.39, 0.29) is 5.97 Å². The van der Waals surface area contributed by atoms with Gasteiger partial charge in [-0.25, -0.2) is 4.79 Å². The van der Waals surface area contributed by atoms with Gasteiger partial charge in [0.1, 0.15) is 5.60 Å². The molecule has 0 bridgehead atoms. The van der Waals surface area contributed by atoms with Gasteiger partial charge in [0.2, 0.25) is 0 Å². The summed E-state index contributed by atoms with van der Waals surface area (Å²) in [6.45, 7) is 5.62. The molecule has 0 aromatic heterocycles. The van der Waals surface area contributed by atoms with E-state index in [0.717, 1.165) is 5.69 Å². The molecule has 0 aliphatic heterocycles. The normalized spacial score (nSPS) is 15.9. The number of hydrogen-bond donors (Lipinski definition) is 1. The van der Waals surface area contributed by atoms with Crippen molar-refractivity contribution in [3.05, 3.63) is 29.8 Å². The van der Waals surface area contributed by atoms with E-state index in [1.54, 1.807) is 0 Å². The molecule has 3 heteroatoms. The number of hydrogen-bond acceptors (Lipinski definition) is 3. The molecule has 1 aliphatic carbocycles. The average molecular weight is 247 g/mol. The standard InChI is InChI=1S/C15H21NO2/c1-15(2,3)18-14(17)11-7-9-13(10-8-11)16-12-5-4-6-12/h7-10,12,16H,4-6H2,1-3H3. The lowest BCUT2D eigenvalue weighted by atomic mass is 9.93. The van der Waals surface area contributed by atoms with Gasteiger partial charge in [-0.15, -0.1) is 0 Å². The van der Waals surface area contributed by atoms with Crippen LogP contribution in [0.25, 0.3) is 0 Å². The number of ether oxygens (including phenoxy) is 1. The molecular weight excluding hydrogens is 226 g/mol. The number of nitrogens with one attached hydrogen (secondary N) is 1. The Morgan fingerprint density at radius 3 is 2.28 bits per heavy atom. The summed E-state index contributed by atoms with van der Waals surface area (Å²) in [5, 5.41) is 3.44. The SMILES string of the molecule is CC(C)(C)OC(=O)c1ccc(NC2CCC2)cc1. The summed E-state index contributed by atoms with van der Waals surface area (Å²) >= 11 is 0. The first-order valence-electron chi connectivity index (χ1n) is 6.54. The second-order valence-electron chi connectivity index (χ2n) is 5.85. The molecule has 1 aromatic rings. The van der Waals surface area contributed by atoms with E-state index in [1.807, 2.05) is 45.0 Å². The zero-order valence-corrected chi connectivity index (χ0v) is 11.3. The fraction of sp³-hybridized carbons (Fsp3) is 0.533. The quantitative estimate of drug-likeness (QED) is 0.829. The number of rotatable bonds is 3. The number of esters is 1. The second kappa shape index (κ2) is 5.01. The first kappa shape index (κ1) is 12.9. The van der Waals surface area contributed by atoms with Crippen LogP contribution in [0.2, 0.25) is 0 Å². The van der Waals surface area contributed by atoms with Crippen molar-refractivity contribution in [1.29, 1.82) is 0 Å². The Morgan fingerprint density at radius 2 is 1.83 bits per heavy atom. The van der Waals surface area contributed by atoms with Crippen molar-refractivity contribution in [2.24, 2.45) is 0 Å². The van der Waals surface area contributed by atoms with Crippen molar-refractivity contribution in [2.75, 3.05) is 5.32 Å². The first-order valence-corrected chi connectivity index (χ1v) is 6.54. The van der Waals surface area contributed by atoms with Crippen LogP contribution in [-0.2, 0) is 4.74 Å². The first-order chi connectivity index (χ1) is 8.44. The molecule has 0 amide bonds. The number of benzene rings is 1. The average Bonchev–Trinajstić information content (AvgIpc) is 2.22. The summed E-state index contributed by atoms with van der Waals surface area (Å²) in [5.74, 6) is -0.266. The Labute approximate surface area is 109 Å². The number of carbonyl (C=O) groups excluding carboxylic acids is 1. The lowest BCUT2D eigenvalue weighted by Gasteiger charge is -2.27. The van der Waals surface area contributed by atoms with E-state index >= 15 is 0 Å². The van der Waals surface area contributed by atoms with Crippen LogP contribution in [-0.4, -0.2) is 17.6 Å². The molecule has 1 fully saturated rings. The number of anilines is 1. The van der Waals surface area contributed by atoms with Gasteiger partial charge in [-0.1, -0.05) is 0 Å². The van der Waals surface area contributed by atoms with Crippen LogP contribution < -0.4 is 5.32 Å². The third-order valence-electron chi connectivity index (χ3n) is 3.00. The van der Waals surface area contributed by atoms with E-state index in [4.69, 9.17) is 4.74 Å². The van der Waals surface area contributed by atoms with Gasteiger partial charge in [-0.3, -0.25) is 0 Å². The Kier molecular flexibility index (Phi) is 3.60. The van der Waals surface area contributed by atoms with Crippen LogP contribution in [0.5, 0.6) is 0 Å². The van der Waals surface area contributed by atoms with Crippen LogP contribution in [0.4, 0.5) is 5.69 Å². The van der Waals surface area contributed by atoms with Crippen LogP contribution >= 0.6 is 0 Å². The fourth-order valence-electron chi connectivity index (χ4n) is 1.83. The largest absolute Gasteiger partial charge is 0.456 e. The molecular formula is C15H21NO2. The highest BCUT2D eigenvalue weighted by Crippen LogP contribution is 2.23. The van der Waals surface area contributed by atoms with Gasteiger partial charge in [0.25, 0.3) is 0 Å². The maximum atomic E-state index is 11.8. The molecule has 0 atom stereocenters. The summed E-state index contributed by atoms with van der Waals surface area (Å²) in [4.78, 5) is 11.8. The van der Waals surface area contributed by atoms with E-state index in [2.05, 4.69) is 5.32 Å². The highest BCUT2D eigenvalue weighted by Gasteiger charge is 2.19. The van der Waals surface area contributed by atoms with E-state index < -0.39 is 5.60 Å². The van der Waals surface area contributed by atoms with Gasteiger partial charge >= 0.3 is 5.97 Å². The van der Waals surface area contributed by atoms with Crippen molar-refractivity contribution in [1.82, 2.24) is 0 Å². The summed E-state index contributed by atoms with van der Waals surface area (Å²) in [6, 6.07) is 8.12. The molecule has 1 aliphatic rings. The Balaban J connectivity index is 1.96. The minimum absolute atomic E-state index is 0.266. The maximum absolute atomic E-state index is 11.8. The Bertz CT molecular complexity index is 413. The fourth-order valence-corrected chi connectivity index (χ4v) is 1.83. The Morgan fingerprint density at radius 1 is 1.22 bits per heavy atom. The van der Waals surface area contributed by atoms with Gasteiger partial charge in [0, 0.05) is 11.7 Å². The molecule has 0 saturated heterocycles. The molecule has 0 heterocycles. The second-order valence-corrected chi connectivity index (χ2v) is 5.85. The maximum Gasteiger partial charge on any atom is 0.338 e. The van der Waals surface area contributed by atoms with E-state index in [0.29, 0.717) is 11.6 Å².